The Morgan fingerprint density at radius 3 is 2.59 bits per heavy atom. The van der Waals surface area contributed by atoms with Gasteiger partial charge in [0.15, 0.2) is 0 Å². The molecule has 0 aliphatic carbocycles. The number of nitrogens with one attached hydrogen (secondary N) is 2. The van der Waals surface area contributed by atoms with Crippen LogP contribution in [0.15, 0.2) is 28.0 Å². The van der Waals surface area contributed by atoms with Crippen LogP contribution in [0.2, 0.25) is 0 Å². The number of H-pyrrole nitrogens is 1. The van der Waals surface area contributed by atoms with Crippen LogP contribution < -0.4 is 10.3 Å². The largest absolute Gasteiger partial charge is 0.328 e. The van der Waals surface area contributed by atoms with Crippen molar-refractivity contribution in [1.82, 2.24) is 9.71 Å². The highest BCUT2D eigenvalue weighted by molar-refractivity contribution is 7.89. The topological polar surface area (TPSA) is 103 Å². The minimum atomic E-state index is -3.69. The number of rotatable bonds is 4. The quantitative estimate of drug-likeness (QED) is 0.802. The Morgan fingerprint density at radius 2 is 2.12 bits per heavy atom. The number of sulfonamides is 1. The first-order valence-electron chi connectivity index (χ1n) is 4.86. The summed E-state index contributed by atoms with van der Waals surface area (Å²) < 4.78 is 25.8. The molecule has 6 nitrogen and oxygen atoms in total. The average Bonchev–Trinajstić information content (AvgIpc) is 2.27. The molecule has 0 bridgehead atoms. The van der Waals surface area contributed by atoms with Gasteiger partial charge in [-0.1, -0.05) is 0 Å². The summed E-state index contributed by atoms with van der Waals surface area (Å²) in [6, 6.07) is 4.33. The van der Waals surface area contributed by atoms with Crippen molar-refractivity contribution in [3.8, 4) is 6.07 Å². The zero-order valence-electron chi connectivity index (χ0n) is 9.52. The highest BCUT2D eigenvalue weighted by Gasteiger charge is 2.21. The van der Waals surface area contributed by atoms with Gasteiger partial charge in [-0.3, -0.25) is 4.79 Å². The molecule has 92 valence electrons. The average molecular weight is 255 g/mol. The molecule has 0 unspecified atom stereocenters. The van der Waals surface area contributed by atoms with E-state index < -0.39 is 15.4 Å². The maximum Gasteiger partial charge on any atom is 0.247 e. The Hall–Kier alpha value is -1.65. The van der Waals surface area contributed by atoms with E-state index in [4.69, 9.17) is 5.26 Å². The highest BCUT2D eigenvalue weighted by Crippen LogP contribution is 2.13. The Kier molecular flexibility index (Phi) is 3.70. The number of pyridine rings is 1. The molecule has 0 aromatic carbocycles. The fourth-order valence-corrected chi connectivity index (χ4v) is 2.14. The molecular weight excluding hydrogens is 242 g/mol. The summed E-state index contributed by atoms with van der Waals surface area (Å²) in [5.74, 6) is 0. The molecule has 0 saturated carbocycles. The third kappa shape index (κ3) is 3.69. The molecule has 7 heteroatoms. The van der Waals surface area contributed by atoms with E-state index >= 15 is 0 Å². The van der Waals surface area contributed by atoms with E-state index in [-0.39, 0.29) is 17.0 Å². The van der Waals surface area contributed by atoms with Gasteiger partial charge in [0.05, 0.1) is 16.4 Å². The number of nitriles is 1. The number of aromatic amines is 1. The molecule has 1 heterocycles. The van der Waals surface area contributed by atoms with Gasteiger partial charge in [-0.05, 0) is 19.9 Å². The van der Waals surface area contributed by atoms with Crippen LogP contribution in [-0.2, 0) is 10.0 Å². The van der Waals surface area contributed by atoms with Gasteiger partial charge in [-0.15, -0.1) is 0 Å². The van der Waals surface area contributed by atoms with Gasteiger partial charge < -0.3 is 4.98 Å². The standard InChI is InChI=1S/C10H13N3O3S/c1-10(2,6-11)7-13-17(15,16)8-3-4-9(14)12-5-8/h3-5,13H,7H2,1-2H3,(H,12,14). The molecule has 0 atom stereocenters. The predicted octanol–water partition coefficient (Wildman–Crippen LogP) is 0.203. The van der Waals surface area contributed by atoms with Crippen molar-refractivity contribution in [1.29, 1.82) is 5.26 Å². The Balaban J connectivity index is 2.88. The Morgan fingerprint density at radius 1 is 1.47 bits per heavy atom. The lowest BCUT2D eigenvalue weighted by atomic mass is 9.97. The lowest BCUT2D eigenvalue weighted by Gasteiger charge is -2.15. The second kappa shape index (κ2) is 4.69. The fraction of sp³-hybridized carbons (Fsp3) is 0.400. The Labute approximate surface area is 99.3 Å². The number of nitrogens with zero attached hydrogens (tertiary/aromatic N) is 1. The summed E-state index contributed by atoms with van der Waals surface area (Å²) in [6.07, 6.45) is 1.12. The van der Waals surface area contributed by atoms with Gasteiger partial charge in [0, 0.05) is 18.8 Å². The van der Waals surface area contributed by atoms with E-state index in [2.05, 4.69) is 9.71 Å². The second-order valence-corrected chi connectivity index (χ2v) is 5.98. The smallest absolute Gasteiger partial charge is 0.247 e. The van der Waals surface area contributed by atoms with Gasteiger partial charge in [-0.2, -0.15) is 5.26 Å². The summed E-state index contributed by atoms with van der Waals surface area (Å²) in [6.45, 7) is 3.26. The van der Waals surface area contributed by atoms with Crippen molar-refractivity contribution < 1.29 is 8.42 Å². The van der Waals surface area contributed by atoms with Crippen molar-refractivity contribution >= 4 is 10.0 Å². The number of aromatic nitrogens is 1. The molecular formula is C10H13N3O3S. The van der Waals surface area contributed by atoms with Crippen LogP contribution in [0.3, 0.4) is 0 Å². The summed E-state index contributed by atoms with van der Waals surface area (Å²) in [7, 11) is -3.69. The first kappa shape index (κ1) is 13.4. The van der Waals surface area contributed by atoms with Gasteiger partial charge in [0.1, 0.15) is 0 Å². The minimum absolute atomic E-state index is 0.00492. The van der Waals surface area contributed by atoms with Crippen molar-refractivity contribution in [3.05, 3.63) is 28.7 Å². The third-order valence-corrected chi connectivity index (χ3v) is 3.47. The van der Waals surface area contributed by atoms with Gasteiger partial charge in [0.2, 0.25) is 15.6 Å². The molecule has 0 spiro atoms. The van der Waals surface area contributed by atoms with Gasteiger partial charge >= 0.3 is 0 Å². The van der Waals surface area contributed by atoms with E-state index in [1.165, 1.54) is 6.07 Å². The van der Waals surface area contributed by atoms with E-state index in [0.29, 0.717) is 0 Å². The molecule has 0 radical (unpaired) electrons. The molecule has 1 aromatic heterocycles. The van der Waals surface area contributed by atoms with Crippen molar-refractivity contribution in [2.24, 2.45) is 5.41 Å². The number of hydrogen-bond donors (Lipinski definition) is 2. The highest BCUT2D eigenvalue weighted by atomic mass is 32.2. The van der Waals surface area contributed by atoms with Crippen LogP contribution >= 0.6 is 0 Å². The van der Waals surface area contributed by atoms with Crippen LogP contribution in [0, 0.1) is 16.7 Å². The molecule has 2 N–H and O–H groups in total. The molecule has 17 heavy (non-hydrogen) atoms. The van der Waals surface area contributed by atoms with Crippen LogP contribution in [0.4, 0.5) is 0 Å². The van der Waals surface area contributed by atoms with Gasteiger partial charge in [-0.25, -0.2) is 13.1 Å². The molecule has 0 aliphatic rings. The lowest BCUT2D eigenvalue weighted by Crippen LogP contribution is -2.33. The zero-order valence-corrected chi connectivity index (χ0v) is 10.3. The SMILES string of the molecule is CC(C)(C#N)CNS(=O)(=O)c1ccc(=O)[nH]c1. The summed E-state index contributed by atoms with van der Waals surface area (Å²) in [5, 5.41) is 8.77. The van der Waals surface area contributed by atoms with Crippen molar-refractivity contribution in [2.45, 2.75) is 18.7 Å². The van der Waals surface area contributed by atoms with Crippen LogP contribution in [-0.4, -0.2) is 19.9 Å². The molecule has 0 amide bonds. The summed E-state index contributed by atoms with van der Waals surface area (Å²) in [5.41, 5.74) is -1.16. The second-order valence-electron chi connectivity index (χ2n) is 4.21. The minimum Gasteiger partial charge on any atom is -0.328 e. The fourth-order valence-electron chi connectivity index (χ4n) is 0.962. The summed E-state index contributed by atoms with van der Waals surface area (Å²) in [4.78, 5) is 13.0. The lowest BCUT2D eigenvalue weighted by molar-refractivity contribution is 0.478. The van der Waals surface area contributed by atoms with Gasteiger partial charge in [0.25, 0.3) is 0 Å². The maximum atomic E-state index is 11.8. The first-order chi connectivity index (χ1) is 7.77. The molecule has 1 rings (SSSR count). The summed E-state index contributed by atoms with van der Waals surface area (Å²) >= 11 is 0. The molecule has 0 saturated heterocycles. The van der Waals surface area contributed by atoms with Crippen molar-refractivity contribution in [3.63, 3.8) is 0 Å². The maximum absolute atomic E-state index is 11.8. The molecule has 0 aliphatic heterocycles. The van der Waals surface area contributed by atoms with E-state index in [1.54, 1.807) is 13.8 Å². The monoisotopic (exact) mass is 255 g/mol. The zero-order chi connectivity index (χ0) is 13.1. The molecule has 1 aromatic rings. The van der Waals surface area contributed by atoms with E-state index in [0.717, 1.165) is 12.3 Å². The van der Waals surface area contributed by atoms with Crippen LogP contribution in [0.1, 0.15) is 13.8 Å². The van der Waals surface area contributed by atoms with E-state index in [1.807, 2.05) is 6.07 Å². The third-order valence-electron chi connectivity index (χ3n) is 2.07. The first-order valence-corrected chi connectivity index (χ1v) is 6.35. The predicted molar refractivity (Wildman–Crippen MR) is 61.6 cm³/mol. The van der Waals surface area contributed by atoms with Crippen LogP contribution in [0.25, 0.3) is 0 Å². The normalized spacial score (nSPS) is 12.1. The Bertz CT molecular complexity index is 575. The number of hydrogen-bond acceptors (Lipinski definition) is 4. The van der Waals surface area contributed by atoms with Crippen molar-refractivity contribution in [2.75, 3.05) is 6.54 Å². The van der Waals surface area contributed by atoms with E-state index in [9.17, 15) is 13.2 Å². The van der Waals surface area contributed by atoms with Crippen LogP contribution in [0.5, 0.6) is 0 Å². The molecule has 0 fully saturated rings.